The minimum atomic E-state index is 0.277. The number of rotatable bonds is 6. The van der Waals surface area contributed by atoms with Crippen LogP contribution in [-0.2, 0) is 0 Å². The summed E-state index contributed by atoms with van der Waals surface area (Å²) in [6.07, 6.45) is 6.46. The van der Waals surface area contributed by atoms with Gasteiger partial charge in [-0.2, -0.15) is 0 Å². The molecule has 102 valence electrons. The predicted octanol–water partition coefficient (Wildman–Crippen LogP) is 3.20. The molecule has 0 amide bonds. The molecule has 0 heterocycles. The zero-order valence-electron chi connectivity index (χ0n) is 12.1. The van der Waals surface area contributed by atoms with Crippen LogP contribution in [0, 0.1) is 17.8 Å². The SMILES string of the molecule is CC(C)CC(CO)NC1CCCCC1C(C)C. The molecule has 0 bridgehead atoms. The van der Waals surface area contributed by atoms with Gasteiger partial charge in [0.05, 0.1) is 6.61 Å². The molecule has 0 spiro atoms. The standard InChI is InChI=1S/C15H31NO/c1-11(2)9-13(10-17)16-15-8-6-5-7-14(15)12(3)4/h11-17H,5-10H2,1-4H3. The Kier molecular flexibility index (Phi) is 6.50. The summed E-state index contributed by atoms with van der Waals surface area (Å²) in [7, 11) is 0. The van der Waals surface area contributed by atoms with Crippen LogP contribution in [0.4, 0.5) is 0 Å². The van der Waals surface area contributed by atoms with Crippen molar-refractivity contribution in [1.82, 2.24) is 5.32 Å². The van der Waals surface area contributed by atoms with Crippen LogP contribution in [0.1, 0.15) is 59.8 Å². The van der Waals surface area contributed by atoms with Gasteiger partial charge in [-0.25, -0.2) is 0 Å². The first-order valence-corrected chi connectivity index (χ1v) is 7.41. The largest absolute Gasteiger partial charge is 0.395 e. The number of hydrogen-bond acceptors (Lipinski definition) is 2. The van der Waals surface area contributed by atoms with Crippen LogP contribution in [0.3, 0.4) is 0 Å². The van der Waals surface area contributed by atoms with Gasteiger partial charge in [0.1, 0.15) is 0 Å². The average molecular weight is 241 g/mol. The Hall–Kier alpha value is -0.0800. The van der Waals surface area contributed by atoms with Gasteiger partial charge in [0.15, 0.2) is 0 Å². The van der Waals surface area contributed by atoms with E-state index in [-0.39, 0.29) is 6.61 Å². The van der Waals surface area contributed by atoms with Gasteiger partial charge in [0.2, 0.25) is 0 Å². The number of hydrogen-bond donors (Lipinski definition) is 2. The Morgan fingerprint density at radius 1 is 1.12 bits per heavy atom. The second-order valence-corrected chi connectivity index (χ2v) is 6.47. The van der Waals surface area contributed by atoms with E-state index >= 15 is 0 Å². The lowest BCUT2D eigenvalue weighted by Crippen LogP contribution is -2.47. The Balaban J connectivity index is 2.50. The minimum Gasteiger partial charge on any atom is -0.395 e. The summed E-state index contributed by atoms with van der Waals surface area (Å²) >= 11 is 0. The van der Waals surface area contributed by atoms with Gasteiger partial charge in [-0.05, 0) is 37.0 Å². The quantitative estimate of drug-likeness (QED) is 0.748. The van der Waals surface area contributed by atoms with E-state index in [0.29, 0.717) is 18.0 Å². The molecule has 0 aliphatic heterocycles. The van der Waals surface area contributed by atoms with Crippen LogP contribution in [0.25, 0.3) is 0 Å². The van der Waals surface area contributed by atoms with Crippen molar-refractivity contribution < 1.29 is 5.11 Å². The second-order valence-electron chi connectivity index (χ2n) is 6.47. The normalized spacial score (nSPS) is 27.7. The van der Waals surface area contributed by atoms with Gasteiger partial charge in [-0.1, -0.05) is 40.5 Å². The third-order valence-electron chi connectivity index (χ3n) is 4.10. The van der Waals surface area contributed by atoms with Crippen molar-refractivity contribution in [2.24, 2.45) is 17.8 Å². The van der Waals surface area contributed by atoms with Gasteiger partial charge in [0.25, 0.3) is 0 Å². The van der Waals surface area contributed by atoms with Gasteiger partial charge in [-0.3, -0.25) is 0 Å². The van der Waals surface area contributed by atoms with Gasteiger partial charge >= 0.3 is 0 Å². The molecule has 0 aromatic heterocycles. The fourth-order valence-corrected chi connectivity index (χ4v) is 3.23. The molecule has 0 radical (unpaired) electrons. The highest BCUT2D eigenvalue weighted by Gasteiger charge is 2.28. The molecule has 0 saturated heterocycles. The molecule has 17 heavy (non-hydrogen) atoms. The zero-order valence-corrected chi connectivity index (χ0v) is 12.1. The van der Waals surface area contributed by atoms with E-state index in [4.69, 9.17) is 0 Å². The molecule has 3 atom stereocenters. The Bertz CT molecular complexity index is 203. The van der Waals surface area contributed by atoms with E-state index in [1.54, 1.807) is 0 Å². The van der Waals surface area contributed by atoms with Gasteiger partial charge < -0.3 is 10.4 Å². The topological polar surface area (TPSA) is 32.3 Å². The molecule has 1 saturated carbocycles. The lowest BCUT2D eigenvalue weighted by molar-refractivity contribution is 0.153. The summed E-state index contributed by atoms with van der Waals surface area (Å²) < 4.78 is 0. The fraction of sp³-hybridized carbons (Fsp3) is 1.00. The van der Waals surface area contributed by atoms with Crippen molar-refractivity contribution >= 4 is 0 Å². The summed E-state index contributed by atoms with van der Waals surface area (Å²) in [6.45, 7) is 9.40. The third-order valence-corrected chi connectivity index (χ3v) is 4.10. The van der Waals surface area contributed by atoms with Crippen LogP contribution in [0.5, 0.6) is 0 Å². The van der Waals surface area contributed by atoms with E-state index in [2.05, 4.69) is 33.0 Å². The van der Waals surface area contributed by atoms with Crippen LogP contribution in [0.2, 0.25) is 0 Å². The maximum absolute atomic E-state index is 9.47. The van der Waals surface area contributed by atoms with Crippen molar-refractivity contribution in [2.75, 3.05) is 6.61 Å². The highest BCUT2D eigenvalue weighted by atomic mass is 16.3. The molecule has 0 aromatic rings. The van der Waals surface area contributed by atoms with Crippen LogP contribution >= 0.6 is 0 Å². The molecule has 3 unspecified atom stereocenters. The van der Waals surface area contributed by atoms with E-state index in [1.807, 2.05) is 0 Å². The third kappa shape index (κ3) is 4.97. The minimum absolute atomic E-state index is 0.277. The van der Waals surface area contributed by atoms with Crippen molar-refractivity contribution in [1.29, 1.82) is 0 Å². The van der Waals surface area contributed by atoms with Crippen molar-refractivity contribution in [3.05, 3.63) is 0 Å². The number of nitrogens with one attached hydrogen (secondary N) is 1. The van der Waals surface area contributed by atoms with E-state index in [0.717, 1.165) is 18.3 Å². The molecule has 2 N–H and O–H groups in total. The number of aliphatic hydroxyl groups is 1. The lowest BCUT2D eigenvalue weighted by Gasteiger charge is -2.37. The van der Waals surface area contributed by atoms with Crippen molar-refractivity contribution in [3.63, 3.8) is 0 Å². The Labute approximate surface area is 107 Å². The highest BCUT2D eigenvalue weighted by Crippen LogP contribution is 2.30. The van der Waals surface area contributed by atoms with Gasteiger partial charge in [-0.15, -0.1) is 0 Å². The zero-order chi connectivity index (χ0) is 12.8. The summed E-state index contributed by atoms with van der Waals surface area (Å²) in [4.78, 5) is 0. The van der Waals surface area contributed by atoms with Crippen LogP contribution in [0.15, 0.2) is 0 Å². The van der Waals surface area contributed by atoms with Crippen molar-refractivity contribution in [3.8, 4) is 0 Å². The molecule has 0 aromatic carbocycles. The molecule has 1 aliphatic carbocycles. The summed E-state index contributed by atoms with van der Waals surface area (Å²) in [5, 5.41) is 13.2. The second kappa shape index (κ2) is 7.38. The first kappa shape index (κ1) is 15.0. The monoisotopic (exact) mass is 241 g/mol. The molecule has 1 rings (SSSR count). The van der Waals surface area contributed by atoms with Crippen LogP contribution in [-0.4, -0.2) is 23.8 Å². The molecule has 2 nitrogen and oxygen atoms in total. The Morgan fingerprint density at radius 3 is 2.29 bits per heavy atom. The van der Waals surface area contributed by atoms with Crippen molar-refractivity contribution in [2.45, 2.75) is 71.9 Å². The predicted molar refractivity (Wildman–Crippen MR) is 74.0 cm³/mol. The summed E-state index contributed by atoms with van der Waals surface area (Å²) in [5.74, 6) is 2.21. The average Bonchev–Trinajstić information content (AvgIpc) is 2.28. The maximum Gasteiger partial charge on any atom is 0.0584 e. The molecular formula is C15H31NO. The number of aliphatic hydroxyl groups excluding tert-OH is 1. The maximum atomic E-state index is 9.47. The van der Waals surface area contributed by atoms with E-state index in [9.17, 15) is 5.11 Å². The summed E-state index contributed by atoms with van der Waals surface area (Å²) in [6, 6.07) is 0.916. The van der Waals surface area contributed by atoms with E-state index < -0.39 is 0 Å². The Morgan fingerprint density at radius 2 is 1.76 bits per heavy atom. The lowest BCUT2D eigenvalue weighted by atomic mass is 9.77. The smallest absolute Gasteiger partial charge is 0.0584 e. The van der Waals surface area contributed by atoms with Gasteiger partial charge in [0, 0.05) is 12.1 Å². The first-order chi connectivity index (χ1) is 8.04. The van der Waals surface area contributed by atoms with E-state index in [1.165, 1.54) is 25.7 Å². The highest BCUT2D eigenvalue weighted by molar-refractivity contribution is 4.85. The molecule has 1 fully saturated rings. The fourth-order valence-electron chi connectivity index (χ4n) is 3.23. The van der Waals surface area contributed by atoms with Crippen LogP contribution < -0.4 is 5.32 Å². The molecule has 2 heteroatoms. The molecular weight excluding hydrogens is 210 g/mol. The summed E-state index contributed by atoms with van der Waals surface area (Å²) in [5.41, 5.74) is 0. The molecule has 1 aliphatic rings. The first-order valence-electron chi connectivity index (χ1n) is 7.41.